The molecule has 30 heavy (non-hydrogen) atoms. The second kappa shape index (κ2) is 9.04. The maximum Gasteiger partial charge on any atom is 0.290 e. The molecule has 2 unspecified atom stereocenters. The predicted molar refractivity (Wildman–Crippen MR) is 116 cm³/mol. The van der Waals surface area contributed by atoms with Crippen molar-refractivity contribution < 1.29 is 14.7 Å². The van der Waals surface area contributed by atoms with E-state index in [4.69, 9.17) is 9.90 Å². The Morgan fingerprint density at radius 2 is 1.87 bits per heavy atom. The molecule has 162 valence electrons. The van der Waals surface area contributed by atoms with Crippen molar-refractivity contribution in [3.63, 3.8) is 0 Å². The Balaban J connectivity index is 0.000000687. The number of hydrogen-bond donors (Lipinski definition) is 3. The highest BCUT2D eigenvalue weighted by atomic mass is 16.3. The van der Waals surface area contributed by atoms with E-state index < -0.39 is 0 Å². The van der Waals surface area contributed by atoms with Gasteiger partial charge in [-0.15, -0.1) is 0 Å². The fourth-order valence-corrected chi connectivity index (χ4v) is 5.33. The summed E-state index contributed by atoms with van der Waals surface area (Å²) >= 11 is 0. The Hall–Kier alpha value is -2.61. The van der Waals surface area contributed by atoms with Crippen LogP contribution in [0.25, 0.3) is 10.9 Å². The SMILES string of the molecule is CN1C2CCCC1CC(NC(=O)c1n[nH]c3ccc(N4CCCC4)cc13)C2.O=CO. The van der Waals surface area contributed by atoms with Gasteiger partial charge in [-0.25, -0.2) is 0 Å². The number of H-pyrrole nitrogens is 1. The van der Waals surface area contributed by atoms with Crippen molar-refractivity contribution in [1.82, 2.24) is 20.4 Å². The van der Waals surface area contributed by atoms with Gasteiger partial charge in [0.2, 0.25) is 0 Å². The van der Waals surface area contributed by atoms with Crippen LogP contribution in [0.4, 0.5) is 5.69 Å². The number of carbonyl (C=O) groups excluding carboxylic acids is 1. The lowest BCUT2D eigenvalue weighted by molar-refractivity contribution is -0.122. The van der Waals surface area contributed by atoms with E-state index in [0.717, 1.165) is 36.8 Å². The number of aromatic amines is 1. The number of carboxylic acid groups (broad SMARTS) is 1. The van der Waals surface area contributed by atoms with Gasteiger partial charge in [0.1, 0.15) is 0 Å². The summed E-state index contributed by atoms with van der Waals surface area (Å²) in [5.74, 6) is -0.0348. The number of nitrogens with zero attached hydrogens (tertiary/aromatic N) is 3. The lowest BCUT2D eigenvalue weighted by atomic mass is 9.82. The van der Waals surface area contributed by atoms with Gasteiger partial charge < -0.3 is 20.2 Å². The molecular weight excluding hydrogens is 382 g/mol. The first-order chi connectivity index (χ1) is 14.6. The maximum atomic E-state index is 13.0. The average molecular weight is 414 g/mol. The molecule has 3 aliphatic heterocycles. The Bertz CT molecular complexity index is 878. The van der Waals surface area contributed by atoms with Crippen molar-refractivity contribution in [2.75, 3.05) is 25.0 Å². The maximum absolute atomic E-state index is 13.0. The number of anilines is 1. The highest BCUT2D eigenvalue weighted by Crippen LogP contribution is 2.33. The van der Waals surface area contributed by atoms with Crippen molar-refractivity contribution in [1.29, 1.82) is 0 Å². The van der Waals surface area contributed by atoms with Gasteiger partial charge in [0.05, 0.1) is 5.52 Å². The molecule has 2 atom stereocenters. The van der Waals surface area contributed by atoms with Gasteiger partial charge in [0.15, 0.2) is 5.69 Å². The molecule has 8 nitrogen and oxygen atoms in total. The van der Waals surface area contributed by atoms with E-state index in [1.165, 1.54) is 37.8 Å². The average Bonchev–Trinajstić information content (AvgIpc) is 3.39. The molecule has 3 aliphatic rings. The molecule has 5 rings (SSSR count). The van der Waals surface area contributed by atoms with E-state index in [-0.39, 0.29) is 18.4 Å². The standard InChI is InChI=1S/C21H29N5O.CH2O2/c1-25-15-5-4-6-16(25)12-14(11-15)22-21(27)20-18-13-17(26-9-2-3-10-26)7-8-19(18)23-24-20;2-1-3/h7-8,13-16H,2-6,9-12H2,1H3,(H,22,27)(H,23,24);1H,(H,2,3). The summed E-state index contributed by atoms with van der Waals surface area (Å²) in [4.78, 5) is 26.3. The molecule has 3 saturated heterocycles. The second-order valence-electron chi connectivity index (χ2n) is 8.65. The van der Waals surface area contributed by atoms with Gasteiger partial charge in [0, 0.05) is 42.3 Å². The molecular formula is C22H31N5O3. The van der Waals surface area contributed by atoms with Crippen LogP contribution < -0.4 is 10.2 Å². The molecule has 1 amide bonds. The molecule has 8 heteroatoms. The number of aromatic nitrogens is 2. The monoisotopic (exact) mass is 413 g/mol. The van der Waals surface area contributed by atoms with Crippen LogP contribution in [0.1, 0.15) is 55.4 Å². The third-order valence-corrected chi connectivity index (χ3v) is 6.91. The van der Waals surface area contributed by atoms with Gasteiger partial charge in [0.25, 0.3) is 12.4 Å². The van der Waals surface area contributed by atoms with Gasteiger partial charge in [-0.05, 0) is 63.8 Å². The van der Waals surface area contributed by atoms with Crippen molar-refractivity contribution in [2.24, 2.45) is 0 Å². The van der Waals surface area contributed by atoms with Gasteiger partial charge in [-0.2, -0.15) is 5.10 Å². The third kappa shape index (κ3) is 4.14. The minimum absolute atomic E-state index is 0.0348. The molecule has 0 aliphatic carbocycles. The van der Waals surface area contributed by atoms with Crippen LogP contribution in [0.3, 0.4) is 0 Å². The fraction of sp³-hybridized carbons (Fsp3) is 0.591. The zero-order valence-corrected chi connectivity index (χ0v) is 17.5. The third-order valence-electron chi connectivity index (χ3n) is 6.91. The van der Waals surface area contributed by atoms with Crippen molar-refractivity contribution in [3.8, 4) is 0 Å². The number of carbonyl (C=O) groups is 2. The zero-order chi connectivity index (χ0) is 21.1. The van der Waals surface area contributed by atoms with Crippen LogP contribution in [0.5, 0.6) is 0 Å². The molecule has 2 bridgehead atoms. The lowest BCUT2D eigenvalue weighted by Crippen LogP contribution is -2.55. The number of fused-ring (bicyclic) bond motifs is 3. The molecule has 1 aromatic carbocycles. The zero-order valence-electron chi connectivity index (χ0n) is 17.5. The quantitative estimate of drug-likeness (QED) is 0.669. The van der Waals surface area contributed by atoms with E-state index >= 15 is 0 Å². The summed E-state index contributed by atoms with van der Waals surface area (Å²) in [5, 5.41) is 18.5. The summed E-state index contributed by atoms with van der Waals surface area (Å²) in [6, 6.07) is 7.79. The van der Waals surface area contributed by atoms with Crippen molar-refractivity contribution in [2.45, 2.75) is 63.1 Å². The second-order valence-corrected chi connectivity index (χ2v) is 8.65. The summed E-state index contributed by atoms with van der Waals surface area (Å²) in [6.07, 6.45) is 8.43. The summed E-state index contributed by atoms with van der Waals surface area (Å²) < 4.78 is 0. The normalized spacial score (nSPS) is 26.2. The molecule has 0 saturated carbocycles. The van der Waals surface area contributed by atoms with Crippen LogP contribution in [0, 0.1) is 0 Å². The molecule has 3 N–H and O–H groups in total. The highest BCUT2D eigenvalue weighted by molar-refractivity contribution is 6.05. The van der Waals surface area contributed by atoms with Crippen LogP contribution in [-0.2, 0) is 4.79 Å². The van der Waals surface area contributed by atoms with Gasteiger partial charge in [-0.1, -0.05) is 6.42 Å². The summed E-state index contributed by atoms with van der Waals surface area (Å²) in [6.45, 7) is 1.95. The minimum Gasteiger partial charge on any atom is -0.483 e. The first-order valence-corrected chi connectivity index (χ1v) is 10.9. The number of rotatable bonds is 3. The van der Waals surface area contributed by atoms with Gasteiger partial charge >= 0.3 is 0 Å². The van der Waals surface area contributed by atoms with Crippen molar-refractivity contribution >= 4 is 29.0 Å². The van der Waals surface area contributed by atoms with E-state index in [1.54, 1.807) is 0 Å². The Morgan fingerprint density at radius 1 is 1.20 bits per heavy atom. The molecule has 3 fully saturated rings. The Labute approximate surface area is 176 Å². The van der Waals surface area contributed by atoms with E-state index in [0.29, 0.717) is 17.8 Å². The Morgan fingerprint density at radius 3 is 2.53 bits per heavy atom. The summed E-state index contributed by atoms with van der Waals surface area (Å²) in [5.41, 5.74) is 2.67. The van der Waals surface area contributed by atoms with Gasteiger partial charge in [-0.3, -0.25) is 14.7 Å². The fourth-order valence-electron chi connectivity index (χ4n) is 5.33. The molecule has 2 aromatic rings. The van der Waals surface area contributed by atoms with Crippen molar-refractivity contribution in [3.05, 3.63) is 23.9 Å². The number of nitrogens with one attached hydrogen (secondary N) is 2. The smallest absolute Gasteiger partial charge is 0.290 e. The number of amides is 1. The largest absolute Gasteiger partial charge is 0.483 e. The molecule has 4 heterocycles. The predicted octanol–water partition coefficient (Wildman–Crippen LogP) is 2.61. The van der Waals surface area contributed by atoms with Crippen LogP contribution >= 0.6 is 0 Å². The topological polar surface area (TPSA) is 102 Å². The van der Waals surface area contributed by atoms with E-state index in [9.17, 15) is 4.79 Å². The lowest BCUT2D eigenvalue weighted by Gasteiger charge is -2.47. The number of benzene rings is 1. The molecule has 1 aromatic heterocycles. The Kier molecular flexibility index (Phi) is 6.22. The van der Waals surface area contributed by atoms with E-state index in [2.05, 4.69) is 44.5 Å². The van der Waals surface area contributed by atoms with Crippen LogP contribution in [0.2, 0.25) is 0 Å². The number of hydrogen-bond acceptors (Lipinski definition) is 5. The highest BCUT2D eigenvalue weighted by Gasteiger charge is 2.36. The number of piperidine rings is 2. The first-order valence-electron chi connectivity index (χ1n) is 10.9. The molecule has 0 radical (unpaired) electrons. The minimum atomic E-state index is -0.250. The van der Waals surface area contributed by atoms with E-state index in [1.807, 2.05) is 6.07 Å². The van der Waals surface area contributed by atoms with Crippen LogP contribution in [-0.4, -0.2) is 70.8 Å². The first kappa shape index (κ1) is 20.7. The molecule has 0 spiro atoms. The summed E-state index contributed by atoms with van der Waals surface area (Å²) in [7, 11) is 2.24. The van der Waals surface area contributed by atoms with Crippen LogP contribution in [0.15, 0.2) is 18.2 Å².